The summed E-state index contributed by atoms with van der Waals surface area (Å²) < 4.78 is 0. The Morgan fingerprint density at radius 2 is 2.50 bits per heavy atom. The number of halogens is 1. The molecule has 1 aliphatic rings. The molecule has 0 bridgehead atoms. The van der Waals surface area contributed by atoms with E-state index in [1.807, 2.05) is 4.90 Å². The fourth-order valence-electron chi connectivity index (χ4n) is 0.713. The van der Waals surface area contributed by atoms with E-state index in [4.69, 9.17) is 11.6 Å². The topological polar surface area (TPSA) is 15.3 Å². The first-order valence-electron chi connectivity index (χ1n) is 2.72. The molecule has 3 heteroatoms. The van der Waals surface area contributed by atoms with Crippen molar-refractivity contribution >= 4 is 11.6 Å². The zero-order valence-electron chi connectivity index (χ0n) is 4.73. The van der Waals surface area contributed by atoms with Crippen molar-refractivity contribution in [3.63, 3.8) is 0 Å². The molecule has 47 valence electrons. The summed E-state index contributed by atoms with van der Waals surface area (Å²) in [7, 11) is 3.74. The second-order valence-electron chi connectivity index (χ2n) is 1.95. The number of rotatable bonds is 0. The summed E-state index contributed by atoms with van der Waals surface area (Å²) in [6.07, 6.45) is 0. The van der Waals surface area contributed by atoms with Gasteiger partial charge in [-0.1, -0.05) is 0 Å². The van der Waals surface area contributed by atoms with Crippen molar-refractivity contribution in [1.82, 2.24) is 10.2 Å². The molecule has 1 N–H and O–H groups in total. The van der Waals surface area contributed by atoms with Crippen molar-refractivity contribution in [2.75, 3.05) is 19.6 Å². The van der Waals surface area contributed by atoms with Gasteiger partial charge in [0.2, 0.25) is 0 Å². The summed E-state index contributed by atoms with van der Waals surface area (Å²) in [6, 6.07) is 0. The molecule has 1 radical (unpaired) electrons. The van der Waals surface area contributed by atoms with Crippen LogP contribution in [-0.2, 0) is 0 Å². The van der Waals surface area contributed by atoms with Crippen LogP contribution < -0.4 is 5.32 Å². The number of alkyl halides is 1. The van der Waals surface area contributed by atoms with Crippen molar-refractivity contribution in [3.8, 4) is 0 Å². The number of nitrogens with one attached hydrogen (secondary N) is 1. The summed E-state index contributed by atoms with van der Waals surface area (Å²) in [5.41, 5.74) is 0.0868. The Morgan fingerprint density at radius 3 is 2.88 bits per heavy atom. The van der Waals surface area contributed by atoms with E-state index in [-0.39, 0.29) is 5.50 Å². The molecule has 0 spiro atoms. The molecule has 0 aromatic rings. The van der Waals surface area contributed by atoms with Crippen LogP contribution in [0, 0.1) is 7.05 Å². The van der Waals surface area contributed by atoms with Gasteiger partial charge in [0, 0.05) is 26.7 Å². The zero-order chi connectivity index (χ0) is 5.98. The molecule has 1 saturated heterocycles. The minimum atomic E-state index is 0.0868. The summed E-state index contributed by atoms with van der Waals surface area (Å²) in [5, 5.41) is 3.15. The highest BCUT2D eigenvalue weighted by Gasteiger charge is 2.14. The van der Waals surface area contributed by atoms with E-state index in [0.29, 0.717) is 0 Å². The second kappa shape index (κ2) is 2.67. The molecule has 1 aliphatic heterocycles. The Bertz CT molecular complexity index is 66.8. The third-order valence-corrected chi connectivity index (χ3v) is 1.72. The third kappa shape index (κ3) is 1.34. The normalized spacial score (nSPS) is 33.0. The summed E-state index contributed by atoms with van der Waals surface area (Å²) in [4.78, 5) is 1.89. The molecule has 1 heterocycles. The van der Waals surface area contributed by atoms with Crippen LogP contribution in [0.3, 0.4) is 0 Å². The van der Waals surface area contributed by atoms with Crippen LogP contribution in [0.5, 0.6) is 0 Å². The Morgan fingerprint density at radius 1 is 1.75 bits per heavy atom. The van der Waals surface area contributed by atoms with Crippen LogP contribution in [0.25, 0.3) is 0 Å². The average molecular weight is 134 g/mol. The van der Waals surface area contributed by atoms with E-state index in [0.717, 1.165) is 19.6 Å². The quantitative estimate of drug-likeness (QED) is 0.377. The maximum atomic E-state index is 5.77. The van der Waals surface area contributed by atoms with Gasteiger partial charge >= 0.3 is 0 Å². The largest absolute Gasteiger partial charge is 0.313 e. The van der Waals surface area contributed by atoms with Gasteiger partial charge < -0.3 is 5.32 Å². The second-order valence-corrected chi connectivity index (χ2v) is 2.45. The predicted octanol–water partition coefficient (Wildman–Crippen LogP) is 0.248. The van der Waals surface area contributed by atoms with Crippen molar-refractivity contribution in [2.45, 2.75) is 5.50 Å². The SMILES string of the molecule is [CH2]N1CCNCC1Cl. The smallest absolute Gasteiger partial charge is 0.0977 e. The van der Waals surface area contributed by atoms with E-state index in [1.54, 1.807) is 0 Å². The van der Waals surface area contributed by atoms with Crippen molar-refractivity contribution < 1.29 is 0 Å². The number of hydrogen-bond acceptors (Lipinski definition) is 2. The first-order chi connectivity index (χ1) is 3.80. The number of hydrogen-bond donors (Lipinski definition) is 1. The van der Waals surface area contributed by atoms with Crippen molar-refractivity contribution in [1.29, 1.82) is 0 Å². The summed E-state index contributed by atoms with van der Waals surface area (Å²) in [6.45, 7) is 2.81. The lowest BCUT2D eigenvalue weighted by Gasteiger charge is -2.27. The number of piperazine rings is 1. The van der Waals surface area contributed by atoms with Gasteiger partial charge in [-0.15, -0.1) is 11.6 Å². The van der Waals surface area contributed by atoms with Gasteiger partial charge in [0.15, 0.2) is 0 Å². The Kier molecular flexibility index (Phi) is 2.11. The molecule has 1 fully saturated rings. The molecule has 0 amide bonds. The fraction of sp³-hybridized carbons (Fsp3) is 0.800. The van der Waals surface area contributed by atoms with E-state index < -0.39 is 0 Å². The van der Waals surface area contributed by atoms with Crippen LogP contribution in [0.15, 0.2) is 0 Å². The lowest BCUT2D eigenvalue weighted by atomic mass is 10.4. The molecule has 8 heavy (non-hydrogen) atoms. The van der Waals surface area contributed by atoms with Gasteiger partial charge in [0.05, 0.1) is 5.50 Å². The van der Waals surface area contributed by atoms with E-state index >= 15 is 0 Å². The zero-order valence-corrected chi connectivity index (χ0v) is 5.49. The van der Waals surface area contributed by atoms with E-state index in [9.17, 15) is 0 Å². The molecule has 0 saturated carbocycles. The highest BCUT2D eigenvalue weighted by atomic mass is 35.5. The molecule has 1 rings (SSSR count). The molecule has 2 nitrogen and oxygen atoms in total. The molecule has 0 aromatic carbocycles. The monoisotopic (exact) mass is 133 g/mol. The molecule has 1 unspecified atom stereocenters. The maximum Gasteiger partial charge on any atom is 0.0977 e. The highest BCUT2D eigenvalue weighted by molar-refractivity contribution is 6.20. The van der Waals surface area contributed by atoms with Gasteiger partial charge in [0.25, 0.3) is 0 Å². The molecule has 0 aromatic heterocycles. The van der Waals surface area contributed by atoms with Crippen LogP contribution >= 0.6 is 11.6 Å². The van der Waals surface area contributed by atoms with E-state index in [1.165, 1.54) is 0 Å². The van der Waals surface area contributed by atoms with Crippen LogP contribution in [-0.4, -0.2) is 30.0 Å². The first-order valence-corrected chi connectivity index (χ1v) is 3.16. The standard InChI is InChI=1S/C5H10ClN2/c1-8-3-2-7-4-5(8)6/h5,7H,1-4H2. The van der Waals surface area contributed by atoms with Gasteiger partial charge in [-0.3, -0.25) is 4.90 Å². The summed E-state index contributed by atoms with van der Waals surface area (Å²) in [5.74, 6) is 0. The highest BCUT2D eigenvalue weighted by Crippen LogP contribution is 2.03. The van der Waals surface area contributed by atoms with Gasteiger partial charge in [-0.2, -0.15) is 0 Å². The van der Waals surface area contributed by atoms with E-state index in [2.05, 4.69) is 12.4 Å². The lowest BCUT2D eigenvalue weighted by molar-refractivity contribution is 0.288. The predicted molar refractivity (Wildman–Crippen MR) is 34.6 cm³/mol. The fourth-order valence-corrected chi connectivity index (χ4v) is 0.920. The van der Waals surface area contributed by atoms with Crippen molar-refractivity contribution in [2.24, 2.45) is 0 Å². The van der Waals surface area contributed by atoms with Crippen LogP contribution in [0.1, 0.15) is 0 Å². The van der Waals surface area contributed by atoms with Gasteiger partial charge in [-0.05, 0) is 0 Å². The average Bonchev–Trinajstić information content (AvgIpc) is 1.77. The molecule has 1 atom stereocenters. The van der Waals surface area contributed by atoms with Gasteiger partial charge in [-0.25, -0.2) is 0 Å². The Labute approximate surface area is 54.8 Å². The van der Waals surface area contributed by atoms with Gasteiger partial charge in [0.1, 0.15) is 0 Å². The Hall–Kier alpha value is 0.210. The summed E-state index contributed by atoms with van der Waals surface area (Å²) >= 11 is 5.77. The minimum Gasteiger partial charge on any atom is -0.313 e. The molecular formula is C5H10ClN2. The molecular weight excluding hydrogens is 124 g/mol. The minimum absolute atomic E-state index is 0.0868. The van der Waals surface area contributed by atoms with Crippen LogP contribution in [0.2, 0.25) is 0 Å². The number of nitrogens with zero attached hydrogens (tertiary/aromatic N) is 1. The lowest BCUT2D eigenvalue weighted by Crippen LogP contribution is -2.45. The third-order valence-electron chi connectivity index (χ3n) is 1.28. The molecule has 0 aliphatic carbocycles. The maximum absolute atomic E-state index is 5.77. The van der Waals surface area contributed by atoms with Crippen molar-refractivity contribution in [3.05, 3.63) is 7.05 Å². The first kappa shape index (κ1) is 6.33. The Balaban J connectivity index is 2.28. The van der Waals surface area contributed by atoms with Crippen LogP contribution in [0.4, 0.5) is 0 Å².